The summed E-state index contributed by atoms with van der Waals surface area (Å²) in [6, 6.07) is 19.5. The molecule has 6 rings (SSSR count). The Morgan fingerprint density at radius 2 is 1.26 bits per heavy atom. The second-order valence-corrected chi connectivity index (χ2v) is 11.7. The molecule has 2 amide bonds. The maximum Gasteiger partial charge on any atom is 0.407 e. The van der Waals surface area contributed by atoms with Gasteiger partial charge in [-0.2, -0.15) is 0 Å². The predicted octanol–water partition coefficient (Wildman–Crippen LogP) is 3.60. The normalized spacial score (nSPS) is 34.8. The number of carbonyl (C=O) groups excluding carboxylic acids is 3. The number of fused-ring (bicyclic) bond motifs is 2. The molecule has 2 saturated heterocycles. The minimum absolute atomic E-state index is 0.0504. The lowest BCUT2D eigenvalue weighted by Gasteiger charge is -2.40. The van der Waals surface area contributed by atoms with Crippen LogP contribution in [0, 0.1) is 23.7 Å². The van der Waals surface area contributed by atoms with Crippen LogP contribution in [0.25, 0.3) is 0 Å². The van der Waals surface area contributed by atoms with Crippen LogP contribution in [0.2, 0.25) is 0 Å². The molecule has 2 aromatic carbocycles. The molecule has 0 unspecified atom stereocenters. The highest BCUT2D eigenvalue weighted by Crippen LogP contribution is 2.37. The second-order valence-electron chi connectivity index (χ2n) is 11.7. The molecule has 0 radical (unpaired) electrons. The Morgan fingerprint density at radius 1 is 0.786 bits per heavy atom. The molecule has 2 saturated carbocycles. The van der Waals surface area contributed by atoms with E-state index >= 15 is 0 Å². The van der Waals surface area contributed by atoms with Crippen LogP contribution in [-0.4, -0.2) is 66.7 Å². The van der Waals surface area contributed by atoms with Gasteiger partial charge in [0.25, 0.3) is 0 Å². The standard InChI is InChI=1S/C16H21NO4.C16H19NO4/c2*1-10-12(8-18)7-13-14(17-16(19)21-13)15(10)20-9-11-5-3-2-4-6-11/h2-6,10,12-15,18H,7-9H2,1H3,(H,17,19);2-6,8,10,12-15H,7,9H2,1H3,(H,17,19)/t2*10-,12-,13+,14+,15+/m11/s1. The molecular formula is C32H40N2O8. The maximum atomic E-state index is 11.5. The lowest BCUT2D eigenvalue weighted by atomic mass is 9.75. The third-order valence-electron chi connectivity index (χ3n) is 9.07. The first-order valence-corrected chi connectivity index (χ1v) is 14.7. The number of alkyl carbamates (subject to hydrolysis) is 2. The highest BCUT2D eigenvalue weighted by atomic mass is 16.6. The van der Waals surface area contributed by atoms with Gasteiger partial charge in [0.15, 0.2) is 0 Å². The van der Waals surface area contributed by atoms with Gasteiger partial charge < -0.3 is 39.5 Å². The summed E-state index contributed by atoms with van der Waals surface area (Å²) in [6.45, 7) is 5.10. The summed E-state index contributed by atoms with van der Waals surface area (Å²) in [5, 5.41) is 15.2. The third kappa shape index (κ3) is 6.77. The van der Waals surface area contributed by atoms with E-state index in [9.17, 15) is 19.5 Å². The fraction of sp³-hybridized carbons (Fsp3) is 0.531. The Hall–Kier alpha value is -3.47. The fourth-order valence-electron chi connectivity index (χ4n) is 6.55. The number of nitrogens with one attached hydrogen (secondary N) is 2. The molecule has 226 valence electrons. The highest BCUT2D eigenvalue weighted by molar-refractivity contribution is 5.71. The van der Waals surface area contributed by atoms with E-state index in [4.69, 9.17) is 18.9 Å². The summed E-state index contributed by atoms with van der Waals surface area (Å²) in [4.78, 5) is 34.2. The molecule has 0 aromatic heterocycles. The van der Waals surface area contributed by atoms with Crippen LogP contribution in [0.4, 0.5) is 9.59 Å². The molecule has 10 heteroatoms. The van der Waals surface area contributed by atoms with Crippen molar-refractivity contribution in [2.75, 3.05) is 6.61 Å². The van der Waals surface area contributed by atoms with Crippen LogP contribution in [0.5, 0.6) is 0 Å². The number of aliphatic hydroxyl groups excluding tert-OH is 1. The molecule has 2 heterocycles. The van der Waals surface area contributed by atoms with Gasteiger partial charge in [-0.05, 0) is 41.7 Å². The number of amides is 2. The summed E-state index contributed by atoms with van der Waals surface area (Å²) in [5.74, 6) is 0.177. The zero-order chi connectivity index (χ0) is 29.6. The van der Waals surface area contributed by atoms with Gasteiger partial charge in [0.05, 0.1) is 37.5 Å². The molecule has 4 aliphatic rings. The number of carbonyl (C=O) groups is 3. The molecule has 10 nitrogen and oxygen atoms in total. The van der Waals surface area contributed by atoms with E-state index in [0.717, 1.165) is 17.4 Å². The summed E-state index contributed by atoms with van der Waals surface area (Å²) in [5.41, 5.74) is 2.16. The van der Waals surface area contributed by atoms with Crippen LogP contribution in [0.15, 0.2) is 60.7 Å². The van der Waals surface area contributed by atoms with Gasteiger partial charge in [0.2, 0.25) is 0 Å². The quantitative estimate of drug-likeness (QED) is 0.404. The van der Waals surface area contributed by atoms with E-state index in [0.29, 0.717) is 26.1 Å². The van der Waals surface area contributed by atoms with E-state index in [-0.39, 0.29) is 72.9 Å². The Labute approximate surface area is 246 Å². The van der Waals surface area contributed by atoms with Crippen molar-refractivity contribution in [3.63, 3.8) is 0 Å². The predicted molar refractivity (Wildman–Crippen MR) is 152 cm³/mol. The van der Waals surface area contributed by atoms with Crippen molar-refractivity contribution in [3.8, 4) is 0 Å². The molecule has 4 fully saturated rings. The van der Waals surface area contributed by atoms with Crippen LogP contribution in [-0.2, 0) is 37.0 Å². The molecule has 0 bridgehead atoms. The maximum absolute atomic E-state index is 11.5. The van der Waals surface area contributed by atoms with E-state index in [1.807, 2.05) is 67.6 Å². The second kappa shape index (κ2) is 13.7. The molecule has 2 aliphatic carbocycles. The summed E-state index contributed by atoms with van der Waals surface area (Å²) >= 11 is 0. The Morgan fingerprint density at radius 3 is 1.74 bits per heavy atom. The van der Waals surface area contributed by atoms with Gasteiger partial charge in [-0.1, -0.05) is 74.5 Å². The van der Waals surface area contributed by atoms with Crippen LogP contribution in [0.3, 0.4) is 0 Å². The first kappa shape index (κ1) is 30.0. The lowest BCUT2D eigenvalue weighted by molar-refractivity contribution is -0.123. The summed E-state index contributed by atoms with van der Waals surface area (Å²) < 4.78 is 22.6. The minimum Gasteiger partial charge on any atom is -0.444 e. The molecular weight excluding hydrogens is 540 g/mol. The van der Waals surface area contributed by atoms with Crippen molar-refractivity contribution >= 4 is 18.5 Å². The van der Waals surface area contributed by atoms with Gasteiger partial charge in [-0.15, -0.1) is 0 Å². The molecule has 3 N–H and O–H groups in total. The number of ether oxygens (including phenoxy) is 4. The van der Waals surface area contributed by atoms with Crippen molar-refractivity contribution in [3.05, 3.63) is 71.8 Å². The smallest absolute Gasteiger partial charge is 0.407 e. The first-order valence-electron chi connectivity index (χ1n) is 14.7. The lowest BCUT2D eigenvalue weighted by Crippen LogP contribution is -2.54. The number of rotatable bonds is 8. The van der Waals surface area contributed by atoms with E-state index < -0.39 is 6.09 Å². The zero-order valence-corrected chi connectivity index (χ0v) is 24.0. The van der Waals surface area contributed by atoms with Crippen LogP contribution >= 0.6 is 0 Å². The largest absolute Gasteiger partial charge is 0.444 e. The first-order chi connectivity index (χ1) is 20.4. The molecule has 2 aliphatic heterocycles. The average molecular weight is 581 g/mol. The number of benzene rings is 2. The number of hydrogen-bond acceptors (Lipinski definition) is 8. The number of aliphatic hydroxyl groups is 1. The van der Waals surface area contributed by atoms with Gasteiger partial charge in [-0.3, -0.25) is 0 Å². The Bertz CT molecular complexity index is 1200. The minimum atomic E-state index is -0.419. The molecule has 10 atom stereocenters. The SMILES string of the molecule is C[C@@H]1[C@@H](CO)C[C@@H]2OC(=O)N[C@@H]2[C@H]1OCc1ccccc1.C[C@H]1[C@H](OCc2ccccc2)[C@H]2NC(=O)O[C@H]2C[C@@H]1C=O. The fourth-order valence-corrected chi connectivity index (χ4v) is 6.55. The van der Waals surface area contributed by atoms with Crippen LogP contribution in [0.1, 0.15) is 37.8 Å². The van der Waals surface area contributed by atoms with Crippen LogP contribution < -0.4 is 10.6 Å². The van der Waals surface area contributed by atoms with Gasteiger partial charge in [0, 0.05) is 12.5 Å². The molecule has 2 aromatic rings. The van der Waals surface area contributed by atoms with Crippen molar-refractivity contribution in [1.29, 1.82) is 0 Å². The van der Waals surface area contributed by atoms with Gasteiger partial charge >= 0.3 is 12.2 Å². The zero-order valence-electron chi connectivity index (χ0n) is 24.0. The van der Waals surface area contributed by atoms with E-state index in [2.05, 4.69) is 17.6 Å². The average Bonchev–Trinajstić information content (AvgIpc) is 3.57. The third-order valence-corrected chi connectivity index (χ3v) is 9.07. The van der Waals surface area contributed by atoms with Crippen molar-refractivity contribution in [1.82, 2.24) is 10.6 Å². The Kier molecular flexibility index (Phi) is 9.76. The summed E-state index contributed by atoms with van der Waals surface area (Å²) in [6.07, 6.45) is 0.563. The molecule has 0 spiro atoms. The Balaban J connectivity index is 0.000000168. The monoisotopic (exact) mass is 580 g/mol. The van der Waals surface area contributed by atoms with Crippen molar-refractivity contribution in [2.24, 2.45) is 23.7 Å². The summed E-state index contributed by atoms with van der Waals surface area (Å²) in [7, 11) is 0. The number of hydrogen-bond donors (Lipinski definition) is 3. The van der Waals surface area contributed by atoms with Crippen molar-refractivity contribution < 1.29 is 38.4 Å². The van der Waals surface area contributed by atoms with E-state index in [1.165, 1.54) is 0 Å². The number of aldehydes is 1. The van der Waals surface area contributed by atoms with Crippen molar-refractivity contribution in [2.45, 2.75) is 76.4 Å². The van der Waals surface area contributed by atoms with E-state index in [1.54, 1.807) is 0 Å². The highest BCUT2D eigenvalue weighted by Gasteiger charge is 2.50. The topological polar surface area (TPSA) is 132 Å². The van der Waals surface area contributed by atoms with Gasteiger partial charge in [0.1, 0.15) is 18.5 Å². The molecule has 42 heavy (non-hydrogen) atoms. The van der Waals surface area contributed by atoms with Gasteiger partial charge in [-0.25, -0.2) is 9.59 Å².